The Balaban J connectivity index is 0.645. The van der Waals surface area contributed by atoms with E-state index in [0.717, 1.165) is 128 Å². The summed E-state index contributed by atoms with van der Waals surface area (Å²) in [4.78, 5) is 67.0. The molecular formula is C60H79N11O8S. The molecule has 20 heteroatoms. The molecule has 80 heavy (non-hydrogen) atoms. The van der Waals surface area contributed by atoms with Gasteiger partial charge in [-0.3, -0.25) is 34.0 Å². The van der Waals surface area contributed by atoms with Crippen LogP contribution in [0.1, 0.15) is 49.6 Å². The Hall–Kier alpha value is -6.20. The van der Waals surface area contributed by atoms with E-state index in [0.29, 0.717) is 52.1 Å². The number of amides is 3. The Morgan fingerprint density at radius 3 is 2.19 bits per heavy atom. The van der Waals surface area contributed by atoms with Crippen LogP contribution in [0.25, 0.3) is 21.7 Å². The number of thiazole rings is 1. The Kier molecular flexibility index (Phi) is 20.8. The van der Waals surface area contributed by atoms with Crippen LogP contribution in [0.5, 0.6) is 5.75 Å². The lowest BCUT2D eigenvalue weighted by Gasteiger charge is -2.38. The minimum absolute atomic E-state index is 0.0100. The van der Waals surface area contributed by atoms with Crippen LogP contribution >= 0.6 is 11.3 Å². The summed E-state index contributed by atoms with van der Waals surface area (Å²) in [5, 5.41) is 19.9. The van der Waals surface area contributed by atoms with E-state index >= 15 is 0 Å². The van der Waals surface area contributed by atoms with Crippen molar-refractivity contribution in [3.8, 4) is 27.4 Å². The van der Waals surface area contributed by atoms with Crippen molar-refractivity contribution in [2.24, 2.45) is 5.41 Å². The quantitative estimate of drug-likeness (QED) is 0.0646. The first kappa shape index (κ1) is 58.5. The largest absolute Gasteiger partial charge is 0.492 e. The molecule has 0 spiro atoms. The molecule has 428 valence electrons. The lowest BCUT2D eigenvalue weighted by molar-refractivity contribution is -0.144. The zero-order chi connectivity index (χ0) is 55.8. The van der Waals surface area contributed by atoms with E-state index in [2.05, 4.69) is 57.7 Å². The zero-order valence-electron chi connectivity index (χ0n) is 46.8. The third kappa shape index (κ3) is 16.7. The van der Waals surface area contributed by atoms with E-state index < -0.39 is 35.4 Å². The maximum Gasteiger partial charge on any atom is 0.246 e. The highest BCUT2D eigenvalue weighted by Crippen LogP contribution is 2.30. The number of aliphatic hydroxyl groups excluding tert-OH is 1. The van der Waals surface area contributed by atoms with Crippen molar-refractivity contribution in [1.82, 2.24) is 50.1 Å². The van der Waals surface area contributed by atoms with Gasteiger partial charge in [-0.2, -0.15) is 0 Å². The van der Waals surface area contributed by atoms with Gasteiger partial charge in [-0.1, -0.05) is 75.4 Å². The first-order valence-electron chi connectivity index (χ1n) is 28.1. The summed E-state index contributed by atoms with van der Waals surface area (Å²) in [6.07, 6.45) is 5.01. The predicted molar refractivity (Wildman–Crippen MR) is 309 cm³/mol. The van der Waals surface area contributed by atoms with E-state index in [1.54, 1.807) is 17.5 Å². The SMILES string of the molecule is Cc1ncsc1-c1ccc(CNC(=O)[C@@H]2C[C@@H](O)CN2C(=O)[C@@H](NC(=O)COCCN2CCN(CCN3CCN(CCOc4ccc5cc4COC/C=C/COCc4cccc(c4)-c4ccnc(n4)N5)CC3)CC2)C(C)(C)C)cc1. The van der Waals surface area contributed by atoms with Crippen molar-refractivity contribution in [2.75, 3.05) is 123 Å². The number of nitrogens with one attached hydrogen (secondary N) is 3. The molecule has 0 unspecified atom stereocenters. The molecule has 6 bridgehead atoms. The van der Waals surface area contributed by atoms with Gasteiger partial charge in [-0.05, 0) is 59.4 Å². The van der Waals surface area contributed by atoms with Gasteiger partial charge in [-0.25, -0.2) is 15.0 Å². The van der Waals surface area contributed by atoms with E-state index in [-0.39, 0.29) is 32.0 Å². The van der Waals surface area contributed by atoms with Crippen LogP contribution in [-0.4, -0.2) is 199 Å². The van der Waals surface area contributed by atoms with Gasteiger partial charge in [-0.15, -0.1) is 11.3 Å². The fraction of sp³-hybridized carbons (Fsp3) is 0.500. The number of hydrogen-bond acceptors (Lipinski definition) is 17. The van der Waals surface area contributed by atoms with Crippen molar-refractivity contribution in [1.29, 1.82) is 0 Å². The second-order valence-electron chi connectivity index (χ2n) is 22.1. The smallest absolute Gasteiger partial charge is 0.246 e. The molecule has 3 aromatic carbocycles. The fourth-order valence-electron chi connectivity index (χ4n) is 10.4. The third-order valence-corrected chi connectivity index (χ3v) is 16.1. The van der Waals surface area contributed by atoms with Crippen LogP contribution in [0.15, 0.2) is 96.7 Å². The number of hydrogen-bond donors (Lipinski definition) is 4. The van der Waals surface area contributed by atoms with Gasteiger partial charge in [0.2, 0.25) is 23.7 Å². The third-order valence-electron chi connectivity index (χ3n) is 15.1. The number of anilines is 2. The molecule has 2 aromatic heterocycles. The maximum absolute atomic E-state index is 14.1. The second kappa shape index (κ2) is 28.5. The second-order valence-corrected chi connectivity index (χ2v) is 23.0. The summed E-state index contributed by atoms with van der Waals surface area (Å²) in [5.74, 6) is 0.164. The van der Waals surface area contributed by atoms with Gasteiger partial charge >= 0.3 is 0 Å². The highest BCUT2D eigenvalue weighted by Gasteiger charge is 2.44. The number of carbonyl (C=O) groups is 3. The number of aliphatic hydroxyl groups is 1. The topological polar surface area (TPSA) is 199 Å². The summed E-state index contributed by atoms with van der Waals surface area (Å²) < 4.78 is 24.2. The average molecular weight is 1110 g/mol. The van der Waals surface area contributed by atoms with Crippen LogP contribution < -0.4 is 20.7 Å². The Morgan fingerprint density at radius 2 is 1.50 bits per heavy atom. The summed E-state index contributed by atoms with van der Waals surface area (Å²) in [6.45, 7) is 22.0. The lowest BCUT2D eigenvalue weighted by Crippen LogP contribution is -2.58. The predicted octanol–water partition coefficient (Wildman–Crippen LogP) is 5.36. The van der Waals surface area contributed by atoms with Crippen LogP contribution in [0, 0.1) is 12.3 Å². The first-order valence-corrected chi connectivity index (χ1v) is 29.0. The highest BCUT2D eigenvalue weighted by molar-refractivity contribution is 7.13. The molecular weight excluding hydrogens is 1030 g/mol. The van der Waals surface area contributed by atoms with Gasteiger partial charge in [0.15, 0.2) is 0 Å². The molecule has 0 saturated carbocycles. The lowest BCUT2D eigenvalue weighted by atomic mass is 9.85. The minimum Gasteiger partial charge on any atom is -0.492 e. The molecule has 6 heterocycles. The molecule has 3 fully saturated rings. The van der Waals surface area contributed by atoms with Gasteiger partial charge < -0.3 is 44.9 Å². The number of nitrogens with zero attached hydrogens (tertiary/aromatic N) is 8. The molecule has 5 aromatic rings. The molecule has 3 amide bonds. The molecule has 4 aliphatic rings. The standard InChI is InChI=1S/C60H79N11O8S/c1-43-55(80-42-63-43)46-12-10-44(11-13-46)37-62-57(74)52-36-50(72)38-71(52)58(75)56(60(2,3)4)66-54(73)41-78-32-28-69-24-20-67(21-25-69)18-19-68-22-26-70(27-23-68)29-33-79-53-15-14-49-35-48(53)40-77-31-6-5-30-76-39-45-8-7-9-47(34-45)51-16-17-61-59(64-49)65-51/h5-17,34-35,42,50,52,56,72H,18-33,36-41H2,1-4H3,(H,62,74)(H,66,73)(H,61,64,65)/b6-5+/t50-,52+,56-/m1/s1. The van der Waals surface area contributed by atoms with Crippen LogP contribution in [0.4, 0.5) is 11.6 Å². The number of likely N-dealkylation sites (tertiary alicyclic amines) is 1. The number of aromatic nitrogens is 3. The summed E-state index contributed by atoms with van der Waals surface area (Å²) >= 11 is 1.58. The zero-order valence-corrected chi connectivity index (χ0v) is 47.6. The fourth-order valence-corrected chi connectivity index (χ4v) is 11.3. The normalized spacial score (nSPS) is 19.8. The van der Waals surface area contributed by atoms with E-state index in [9.17, 15) is 19.5 Å². The van der Waals surface area contributed by atoms with E-state index in [4.69, 9.17) is 23.9 Å². The van der Waals surface area contributed by atoms with Crippen molar-refractivity contribution < 1.29 is 38.4 Å². The van der Waals surface area contributed by atoms with Crippen LogP contribution in [0.2, 0.25) is 0 Å². The Bertz CT molecular complexity index is 2850. The number of benzene rings is 3. The molecule has 3 atom stereocenters. The average Bonchev–Trinajstić information content (AvgIpc) is 4.08. The number of aryl methyl sites for hydroxylation is 1. The van der Waals surface area contributed by atoms with Crippen LogP contribution in [-0.2, 0) is 48.4 Å². The van der Waals surface area contributed by atoms with Crippen molar-refractivity contribution in [2.45, 2.75) is 72.1 Å². The van der Waals surface area contributed by atoms with Crippen molar-refractivity contribution >= 4 is 40.7 Å². The highest BCUT2D eigenvalue weighted by atomic mass is 32.1. The number of β-amino-alcohol motifs (C(OH)–C–C–N with tert-alkyl or cyclic N) is 1. The van der Waals surface area contributed by atoms with Crippen LogP contribution in [0.3, 0.4) is 0 Å². The van der Waals surface area contributed by atoms with E-state index in [1.165, 1.54) is 4.90 Å². The van der Waals surface area contributed by atoms with Gasteiger partial charge in [0, 0.05) is 121 Å². The monoisotopic (exact) mass is 1110 g/mol. The summed E-state index contributed by atoms with van der Waals surface area (Å²) in [7, 11) is 0. The van der Waals surface area contributed by atoms with E-state index in [1.807, 2.05) is 106 Å². The molecule has 3 saturated heterocycles. The number of rotatable bonds is 18. The van der Waals surface area contributed by atoms with Gasteiger partial charge in [0.05, 0.1) is 60.9 Å². The Morgan fingerprint density at radius 1 is 0.812 bits per heavy atom. The number of piperazine rings is 2. The molecule has 9 rings (SSSR count). The number of fused-ring (bicyclic) bond motifs is 7. The Labute approximate surface area is 474 Å². The van der Waals surface area contributed by atoms with Gasteiger partial charge in [0.1, 0.15) is 31.0 Å². The van der Waals surface area contributed by atoms with Crippen molar-refractivity contribution in [3.63, 3.8) is 0 Å². The summed E-state index contributed by atoms with van der Waals surface area (Å²) in [5.41, 5.74) is 8.82. The molecule has 19 nitrogen and oxygen atoms in total. The molecule has 4 N–H and O–H groups in total. The first-order chi connectivity index (χ1) is 38.8. The van der Waals surface area contributed by atoms with Gasteiger partial charge in [0.25, 0.3) is 0 Å². The summed E-state index contributed by atoms with van der Waals surface area (Å²) in [6, 6.07) is 22.3. The molecule has 0 aliphatic carbocycles. The molecule has 0 radical (unpaired) electrons. The minimum atomic E-state index is -0.925. The number of carbonyl (C=O) groups excluding carboxylic acids is 3. The van der Waals surface area contributed by atoms with Crippen molar-refractivity contribution in [3.05, 3.63) is 119 Å². The number of ether oxygens (including phenoxy) is 4. The molecule has 4 aliphatic heterocycles. The maximum atomic E-state index is 14.1.